The minimum atomic E-state index is -0.146. The molecule has 72 valence electrons. The van der Waals surface area contributed by atoms with Crippen molar-refractivity contribution in [3.63, 3.8) is 0 Å². The molecule has 0 aromatic carbocycles. The van der Waals surface area contributed by atoms with Crippen LogP contribution in [0.25, 0.3) is 0 Å². The molecule has 1 aromatic heterocycles. The van der Waals surface area contributed by atoms with Gasteiger partial charge >= 0.3 is 0 Å². The summed E-state index contributed by atoms with van der Waals surface area (Å²) in [6.45, 7) is 2.46. The molecule has 2 N–H and O–H groups in total. The molecule has 1 aromatic rings. The molecule has 0 bridgehead atoms. The van der Waals surface area contributed by atoms with Crippen molar-refractivity contribution in [3.8, 4) is 0 Å². The van der Waals surface area contributed by atoms with Gasteiger partial charge in [-0.15, -0.1) is 11.6 Å². The summed E-state index contributed by atoms with van der Waals surface area (Å²) >= 11 is 5.83. The van der Waals surface area contributed by atoms with Gasteiger partial charge in [0.15, 0.2) is 0 Å². The van der Waals surface area contributed by atoms with Crippen molar-refractivity contribution < 1.29 is 4.79 Å². The Morgan fingerprint density at radius 3 is 3.15 bits per heavy atom. The van der Waals surface area contributed by atoms with Crippen molar-refractivity contribution in [3.05, 3.63) is 18.0 Å². The zero-order valence-corrected chi connectivity index (χ0v) is 8.14. The number of nitrogens with zero attached hydrogens (tertiary/aromatic N) is 1. The quantitative estimate of drug-likeness (QED) is 0.719. The van der Waals surface area contributed by atoms with Crippen LogP contribution in [0.5, 0.6) is 0 Å². The summed E-state index contributed by atoms with van der Waals surface area (Å²) in [6.07, 6.45) is 3.86. The maximum Gasteiger partial charge on any atom is 0.254 e. The van der Waals surface area contributed by atoms with Crippen LogP contribution in [0.2, 0.25) is 0 Å². The van der Waals surface area contributed by atoms with E-state index in [9.17, 15) is 4.79 Å². The van der Waals surface area contributed by atoms with Crippen LogP contribution < -0.4 is 5.32 Å². The Hall–Kier alpha value is -1.03. The van der Waals surface area contributed by atoms with Gasteiger partial charge in [0.2, 0.25) is 0 Å². The fourth-order valence-electron chi connectivity index (χ4n) is 0.825. The first-order valence-electron chi connectivity index (χ1n) is 4.15. The normalized spacial score (nSPS) is 12.5. The standard InChI is InChI=1S/C8H12ClN3O/c1-2-7(9)5-10-8(13)6-3-11-12-4-6/h3-4,7H,2,5H2,1H3,(H,10,13)(H,11,12). The van der Waals surface area contributed by atoms with Gasteiger partial charge in [0, 0.05) is 12.7 Å². The number of carbonyl (C=O) groups is 1. The van der Waals surface area contributed by atoms with E-state index in [0.717, 1.165) is 6.42 Å². The molecular formula is C8H12ClN3O. The molecule has 13 heavy (non-hydrogen) atoms. The second kappa shape index (κ2) is 4.87. The largest absolute Gasteiger partial charge is 0.350 e. The van der Waals surface area contributed by atoms with E-state index in [-0.39, 0.29) is 11.3 Å². The fraction of sp³-hybridized carbons (Fsp3) is 0.500. The lowest BCUT2D eigenvalue weighted by Gasteiger charge is -2.06. The van der Waals surface area contributed by atoms with E-state index in [1.54, 1.807) is 6.20 Å². The Kier molecular flexibility index (Phi) is 3.76. The average Bonchev–Trinajstić information content (AvgIpc) is 2.66. The molecule has 0 aliphatic heterocycles. The lowest BCUT2D eigenvalue weighted by Crippen LogP contribution is -2.29. The number of amides is 1. The van der Waals surface area contributed by atoms with Crippen molar-refractivity contribution >= 4 is 17.5 Å². The van der Waals surface area contributed by atoms with Crippen molar-refractivity contribution in [1.82, 2.24) is 15.5 Å². The van der Waals surface area contributed by atoms with Crippen molar-refractivity contribution in [2.45, 2.75) is 18.7 Å². The van der Waals surface area contributed by atoms with Gasteiger partial charge in [-0.3, -0.25) is 9.89 Å². The van der Waals surface area contributed by atoms with Crippen LogP contribution in [0.4, 0.5) is 0 Å². The second-order valence-electron chi connectivity index (χ2n) is 2.70. The first-order valence-corrected chi connectivity index (χ1v) is 4.58. The molecule has 0 aliphatic rings. The van der Waals surface area contributed by atoms with E-state index in [1.165, 1.54) is 6.20 Å². The van der Waals surface area contributed by atoms with Gasteiger partial charge in [0.1, 0.15) is 0 Å². The summed E-state index contributed by atoms with van der Waals surface area (Å²) in [5.74, 6) is -0.146. The molecule has 0 saturated carbocycles. The molecule has 5 heteroatoms. The number of carbonyl (C=O) groups excluding carboxylic acids is 1. The van der Waals surface area contributed by atoms with Crippen LogP contribution in [-0.2, 0) is 0 Å². The highest BCUT2D eigenvalue weighted by Crippen LogP contribution is 1.99. The lowest BCUT2D eigenvalue weighted by atomic mass is 10.3. The monoisotopic (exact) mass is 201 g/mol. The Labute approximate surface area is 81.7 Å². The Balaban J connectivity index is 2.35. The highest BCUT2D eigenvalue weighted by Gasteiger charge is 2.07. The predicted molar refractivity (Wildman–Crippen MR) is 50.9 cm³/mol. The van der Waals surface area contributed by atoms with E-state index in [4.69, 9.17) is 11.6 Å². The SMILES string of the molecule is CCC(Cl)CNC(=O)c1cn[nH]c1. The number of alkyl halides is 1. The van der Waals surface area contributed by atoms with Crippen LogP contribution in [0.15, 0.2) is 12.4 Å². The van der Waals surface area contributed by atoms with Crippen molar-refractivity contribution in [2.24, 2.45) is 0 Å². The van der Waals surface area contributed by atoms with E-state index in [2.05, 4.69) is 15.5 Å². The molecule has 1 unspecified atom stereocenters. The Morgan fingerprint density at radius 1 is 1.85 bits per heavy atom. The molecule has 0 spiro atoms. The number of halogens is 1. The molecule has 1 amide bonds. The number of aromatic nitrogens is 2. The molecule has 4 nitrogen and oxygen atoms in total. The maximum atomic E-state index is 11.3. The minimum Gasteiger partial charge on any atom is -0.350 e. The third kappa shape index (κ3) is 3.06. The van der Waals surface area contributed by atoms with Gasteiger partial charge in [-0.2, -0.15) is 5.10 Å². The zero-order chi connectivity index (χ0) is 9.68. The van der Waals surface area contributed by atoms with Crippen molar-refractivity contribution in [1.29, 1.82) is 0 Å². The second-order valence-corrected chi connectivity index (χ2v) is 3.32. The number of hydrogen-bond donors (Lipinski definition) is 2. The third-order valence-corrected chi connectivity index (χ3v) is 2.15. The van der Waals surface area contributed by atoms with E-state index in [1.807, 2.05) is 6.92 Å². The van der Waals surface area contributed by atoms with E-state index < -0.39 is 0 Å². The van der Waals surface area contributed by atoms with Crippen LogP contribution in [0.3, 0.4) is 0 Å². The molecule has 1 atom stereocenters. The van der Waals surface area contributed by atoms with Crippen LogP contribution in [-0.4, -0.2) is 28.0 Å². The average molecular weight is 202 g/mol. The minimum absolute atomic E-state index is 0.00384. The third-order valence-electron chi connectivity index (χ3n) is 1.69. The summed E-state index contributed by atoms with van der Waals surface area (Å²) in [5.41, 5.74) is 0.528. The van der Waals surface area contributed by atoms with Gasteiger partial charge in [0.05, 0.1) is 17.1 Å². The highest BCUT2D eigenvalue weighted by atomic mass is 35.5. The number of rotatable bonds is 4. The lowest BCUT2D eigenvalue weighted by molar-refractivity contribution is 0.0953. The number of H-pyrrole nitrogens is 1. The molecule has 0 fully saturated rings. The number of aromatic amines is 1. The predicted octanol–water partition coefficient (Wildman–Crippen LogP) is 1.16. The van der Waals surface area contributed by atoms with Crippen LogP contribution >= 0.6 is 11.6 Å². The molecule has 0 aliphatic carbocycles. The Bertz CT molecular complexity index is 260. The van der Waals surface area contributed by atoms with Gasteiger partial charge < -0.3 is 5.32 Å². The first kappa shape index (κ1) is 10.1. The fourth-order valence-corrected chi connectivity index (χ4v) is 0.902. The van der Waals surface area contributed by atoms with Gasteiger partial charge in [0.25, 0.3) is 5.91 Å². The molecule has 0 saturated heterocycles. The van der Waals surface area contributed by atoms with E-state index >= 15 is 0 Å². The molecule has 1 heterocycles. The van der Waals surface area contributed by atoms with Gasteiger partial charge in [-0.05, 0) is 6.42 Å². The summed E-state index contributed by atoms with van der Waals surface area (Å²) in [7, 11) is 0. The molecular weight excluding hydrogens is 190 g/mol. The van der Waals surface area contributed by atoms with Crippen molar-refractivity contribution in [2.75, 3.05) is 6.54 Å². The Morgan fingerprint density at radius 2 is 2.62 bits per heavy atom. The molecule has 0 radical (unpaired) electrons. The van der Waals surface area contributed by atoms with Crippen LogP contribution in [0, 0.1) is 0 Å². The summed E-state index contributed by atoms with van der Waals surface area (Å²) in [6, 6.07) is 0. The number of nitrogens with one attached hydrogen (secondary N) is 2. The first-order chi connectivity index (χ1) is 6.24. The van der Waals surface area contributed by atoms with Crippen LogP contribution in [0.1, 0.15) is 23.7 Å². The summed E-state index contributed by atoms with van der Waals surface area (Å²) in [5, 5.41) is 8.94. The highest BCUT2D eigenvalue weighted by molar-refractivity contribution is 6.20. The van der Waals surface area contributed by atoms with E-state index in [0.29, 0.717) is 12.1 Å². The summed E-state index contributed by atoms with van der Waals surface area (Å²) < 4.78 is 0. The molecule has 1 rings (SSSR count). The van der Waals surface area contributed by atoms with Gasteiger partial charge in [-0.1, -0.05) is 6.92 Å². The topological polar surface area (TPSA) is 57.8 Å². The smallest absolute Gasteiger partial charge is 0.254 e. The van der Waals surface area contributed by atoms with Gasteiger partial charge in [-0.25, -0.2) is 0 Å². The summed E-state index contributed by atoms with van der Waals surface area (Å²) in [4.78, 5) is 11.3. The zero-order valence-electron chi connectivity index (χ0n) is 7.38. The number of hydrogen-bond acceptors (Lipinski definition) is 2. The maximum absolute atomic E-state index is 11.3.